The lowest BCUT2D eigenvalue weighted by Gasteiger charge is -2.36. The summed E-state index contributed by atoms with van der Waals surface area (Å²) < 4.78 is 25.4. The number of nitrogens with zero attached hydrogens (tertiary/aromatic N) is 5. The first kappa shape index (κ1) is 22.3. The van der Waals surface area contributed by atoms with Crippen molar-refractivity contribution in [3.05, 3.63) is 61.1 Å². The molecule has 1 saturated heterocycles. The Morgan fingerprint density at radius 1 is 0.971 bits per heavy atom. The van der Waals surface area contributed by atoms with Gasteiger partial charge in [-0.05, 0) is 56.3 Å². The summed E-state index contributed by atoms with van der Waals surface area (Å²) in [6.45, 7) is 6.21. The van der Waals surface area contributed by atoms with E-state index in [0.717, 1.165) is 41.3 Å². The fraction of sp³-hybridized carbons (Fsp3) is 0.292. The monoisotopic (exact) mass is 477 g/mol. The standard InChI is InChI=1S/C24H27N7O2S/c1-16-14-30(15-17(2)27-16)22-9-4-19(13-25-22)28-24-26-12-18-10-11-31(23(18)29-24)20-5-7-21(8-6-20)34(3,32)33/h4-13,16-17,27H,14-15H2,1-3H3,(H,26,28,29). The lowest BCUT2D eigenvalue weighted by molar-refractivity contribution is 0.405. The maximum absolute atomic E-state index is 11.8. The van der Waals surface area contributed by atoms with E-state index in [1.165, 1.54) is 6.26 Å². The Hall–Kier alpha value is -3.50. The summed E-state index contributed by atoms with van der Waals surface area (Å²) in [7, 11) is -3.25. The van der Waals surface area contributed by atoms with Gasteiger partial charge in [0.25, 0.3) is 0 Å². The van der Waals surface area contributed by atoms with Crippen molar-refractivity contribution in [1.82, 2.24) is 24.8 Å². The largest absolute Gasteiger partial charge is 0.354 e. The molecule has 2 unspecified atom stereocenters. The number of hydrogen-bond acceptors (Lipinski definition) is 8. The molecule has 1 aromatic carbocycles. The van der Waals surface area contributed by atoms with Gasteiger partial charge in [-0.3, -0.25) is 0 Å². The van der Waals surface area contributed by atoms with Gasteiger partial charge >= 0.3 is 0 Å². The molecule has 3 aromatic heterocycles. The maximum atomic E-state index is 11.8. The molecule has 4 aromatic rings. The average molecular weight is 478 g/mol. The third kappa shape index (κ3) is 4.59. The quantitative estimate of drug-likeness (QED) is 0.452. The fourth-order valence-electron chi connectivity index (χ4n) is 4.33. The summed E-state index contributed by atoms with van der Waals surface area (Å²) in [6, 6.07) is 13.5. The maximum Gasteiger partial charge on any atom is 0.229 e. The molecular weight excluding hydrogens is 450 g/mol. The van der Waals surface area contributed by atoms with E-state index >= 15 is 0 Å². The van der Waals surface area contributed by atoms with E-state index in [-0.39, 0.29) is 4.90 Å². The number of piperazine rings is 1. The average Bonchev–Trinajstić information content (AvgIpc) is 3.22. The van der Waals surface area contributed by atoms with Crippen LogP contribution in [0.5, 0.6) is 0 Å². The zero-order valence-electron chi connectivity index (χ0n) is 19.3. The molecule has 176 valence electrons. The summed E-state index contributed by atoms with van der Waals surface area (Å²) >= 11 is 0. The van der Waals surface area contributed by atoms with Crippen molar-refractivity contribution >= 4 is 38.3 Å². The van der Waals surface area contributed by atoms with Crippen LogP contribution < -0.4 is 15.5 Å². The first-order valence-electron chi connectivity index (χ1n) is 11.1. The SMILES string of the molecule is CC1CN(c2ccc(Nc3ncc4ccn(-c5ccc(S(C)(=O)=O)cc5)c4n3)cn2)CC(C)N1. The van der Waals surface area contributed by atoms with Gasteiger partial charge < -0.3 is 20.1 Å². The number of nitrogens with one attached hydrogen (secondary N) is 2. The highest BCUT2D eigenvalue weighted by Crippen LogP contribution is 2.23. The minimum Gasteiger partial charge on any atom is -0.354 e. The zero-order chi connectivity index (χ0) is 23.9. The summed E-state index contributed by atoms with van der Waals surface area (Å²) in [5, 5.41) is 7.65. The van der Waals surface area contributed by atoms with Gasteiger partial charge in [-0.15, -0.1) is 0 Å². The lowest BCUT2D eigenvalue weighted by atomic mass is 10.1. The number of sulfone groups is 1. The van der Waals surface area contributed by atoms with Crippen molar-refractivity contribution in [3.8, 4) is 5.69 Å². The number of rotatable bonds is 5. The summed E-state index contributed by atoms with van der Waals surface area (Å²) in [5.41, 5.74) is 2.34. The van der Waals surface area contributed by atoms with Gasteiger partial charge in [0, 0.05) is 54.9 Å². The molecule has 4 heterocycles. The van der Waals surface area contributed by atoms with E-state index < -0.39 is 9.84 Å². The molecule has 0 aliphatic carbocycles. The lowest BCUT2D eigenvalue weighted by Crippen LogP contribution is -2.54. The molecule has 2 atom stereocenters. The molecule has 10 heteroatoms. The topological polar surface area (TPSA) is 105 Å². The predicted octanol–water partition coefficient (Wildman–Crippen LogP) is 3.15. The number of anilines is 3. The highest BCUT2D eigenvalue weighted by molar-refractivity contribution is 7.90. The molecule has 34 heavy (non-hydrogen) atoms. The molecule has 0 radical (unpaired) electrons. The molecule has 5 rings (SSSR count). The Morgan fingerprint density at radius 2 is 1.71 bits per heavy atom. The van der Waals surface area contributed by atoms with Crippen LogP contribution in [0.1, 0.15) is 13.8 Å². The highest BCUT2D eigenvalue weighted by Gasteiger charge is 2.21. The number of hydrogen-bond donors (Lipinski definition) is 2. The van der Waals surface area contributed by atoms with Crippen LogP contribution >= 0.6 is 0 Å². The van der Waals surface area contributed by atoms with Gasteiger partial charge in [-0.25, -0.2) is 18.4 Å². The van der Waals surface area contributed by atoms with Crippen molar-refractivity contribution in [2.24, 2.45) is 0 Å². The third-order valence-corrected chi connectivity index (χ3v) is 6.98. The smallest absolute Gasteiger partial charge is 0.229 e. The number of pyridine rings is 1. The van der Waals surface area contributed by atoms with Crippen molar-refractivity contribution in [3.63, 3.8) is 0 Å². The Bertz CT molecular complexity index is 1410. The molecule has 0 bridgehead atoms. The van der Waals surface area contributed by atoms with Gasteiger partial charge in [0.1, 0.15) is 11.5 Å². The van der Waals surface area contributed by atoms with E-state index in [4.69, 9.17) is 0 Å². The molecule has 1 fully saturated rings. The van der Waals surface area contributed by atoms with E-state index in [2.05, 4.69) is 44.3 Å². The van der Waals surface area contributed by atoms with Crippen molar-refractivity contribution in [2.45, 2.75) is 30.8 Å². The highest BCUT2D eigenvalue weighted by atomic mass is 32.2. The van der Waals surface area contributed by atoms with E-state index in [0.29, 0.717) is 18.0 Å². The Kier molecular flexibility index (Phi) is 5.70. The van der Waals surface area contributed by atoms with Gasteiger partial charge in [0.15, 0.2) is 9.84 Å². The molecule has 9 nitrogen and oxygen atoms in total. The van der Waals surface area contributed by atoms with Crippen LogP contribution in [0.25, 0.3) is 16.7 Å². The Labute approximate surface area is 198 Å². The molecule has 1 aliphatic rings. The van der Waals surface area contributed by atoms with Gasteiger partial charge in [0.2, 0.25) is 5.95 Å². The van der Waals surface area contributed by atoms with E-state index in [9.17, 15) is 8.42 Å². The Morgan fingerprint density at radius 3 is 2.35 bits per heavy atom. The summed E-state index contributed by atoms with van der Waals surface area (Å²) in [6.07, 6.45) is 6.65. The van der Waals surface area contributed by atoms with Crippen LogP contribution in [0, 0.1) is 0 Å². The second-order valence-electron chi connectivity index (χ2n) is 8.83. The third-order valence-electron chi connectivity index (χ3n) is 5.86. The summed E-state index contributed by atoms with van der Waals surface area (Å²) in [5.74, 6) is 1.41. The van der Waals surface area contributed by atoms with Crippen LogP contribution in [0.4, 0.5) is 17.5 Å². The number of benzene rings is 1. The van der Waals surface area contributed by atoms with Crippen molar-refractivity contribution in [2.75, 3.05) is 29.6 Å². The van der Waals surface area contributed by atoms with Crippen LogP contribution in [0.2, 0.25) is 0 Å². The van der Waals surface area contributed by atoms with Gasteiger partial charge in [-0.2, -0.15) is 4.98 Å². The number of aromatic nitrogens is 4. The Balaban J connectivity index is 1.37. The molecule has 1 aliphatic heterocycles. The van der Waals surface area contributed by atoms with E-state index in [1.807, 2.05) is 29.0 Å². The van der Waals surface area contributed by atoms with Crippen molar-refractivity contribution in [1.29, 1.82) is 0 Å². The molecule has 0 spiro atoms. The predicted molar refractivity (Wildman–Crippen MR) is 134 cm³/mol. The van der Waals surface area contributed by atoms with E-state index in [1.54, 1.807) is 36.7 Å². The van der Waals surface area contributed by atoms with Crippen LogP contribution in [0.15, 0.2) is 66.0 Å². The number of fused-ring (bicyclic) bond motifs is 1. The minimum absolute atomic E-state index is 0.283. The molecule has 2 N–H and O–H groups in total. The normalized spacial score (nSPS) is 18.9. The fourth-order valence-corrected chi connectivity index (χ4v) is 4.96. The van der Waals surface area contributed by atoms with Crippen molar-refractivity contribution < 1.29 is 8.42 Å². The van der Waals surface area contributed by atoms with Crippen LogP contribution in [-0.2, 0) is 9.84 Å². The molecule has 0 saturated carbocycles. The molecule has 0 amide bonds. The molecular formula is C24H27N7O2S. The first-order chi connectivity index (χ1) is 16.3. The van der Waals surface area contributed by atoms with Gasteiger partial charge in [-0.1, -0.05) is 0 Å². The summed E-state index contributed by atoms with van der Waals surface area (Å²) in [4.78, 5) is 16.3. The second-order valence-corrected chi connectivity index (χ2v) is 10.8. The zero-order valence-corrected chi connectivity index (χ0v) is 20.1. The second kappa shape index (κ2) is 8.69. The van der Waals surface area contributed by atoms with Gasteiger partial charge in [0.05, 0.1) is 16.8 Å². The van der Waals surface area contributed by atoms with Crippen LogP contribution in [0.3, 0.4) is 0 Å². The van der Waals surface area contributed by atoms with Crippen LogP contribution in [-0.4, -0.2) is 59.4 Å². The first-order valence-corrected chi connectivity index (χ1v) is 13.0. The minimum atomic E-state index is -3.25.